The number of anilines is 1. The molecule has 4 heteroatoms. The van der Waals surface area contributed by atoms with E-state index in [9.17, 15) is 0 Å². The number of fused-ring (bicyclic) bond motifs is 1. The Morgan fingerprint density at radius 2 is 1.91 bits per heavy atom. The molecule has 23 heavy (non-hydrogen) atoms. The molecule has 3 heterocycles. The molecule has 0 bridgehead atoms. The fourth-order valence-electron chi connectivity index (χ4n) is 3.95. The number of rotatable bonds is 4. The minimum absolute atomic E-state index is 0.606. The molecule has 1 fully saturated rings. The Morgan fingerprint density at radius 3 is 2.74 bits per heavy atom. The van der Waals surface area contributed by atoms with Crippen LogP contribution < -0.4 is 4.90 Å². The predicted octanol–water partition coefficient (Wildman–Crippen LogP) is 2.27. The molecule has 1 saturated heterocycles. The van der Waals surface area contributed by atoms with Crippen LogP contribution in [0, 0.1) is 0 Å². The van der Waals surface area contributed by atoms with Crippen molar-refractivity contribution >= 4 is 5.69 Å². The molecule has 4 rings (SSSR count). The zero-order valence-electron chi connectivity index (χ0n) is 13.7. The standard InChI is InChI=1S/C19H26N2O2/c1-2-6-19-18(5-1)17(13-20-7-10-22-11-8-20)14-21(19)12-16-4-3-9-23-15-16/h1-2,4-6,17H,3,7-15H2/t17-/m0/s1. The second kappa shape index (κ2) is 7.04. The highest BCUT2D eigenvalue weighted by molar-refractivity contribution is 5.61. The largest absolute Gasteiger partial charge is 0.379 e. The average Bonchev–Trinajstić information content (AvgIpc) is 2.95. The highest BCUT2D eigenvalue weighted by Crippen LogP contribution is 2.37. The van der Waals surface area contributed by atoms with Crippen LogP contribution in [0.1, 0.15) is 17.9 Å². The van der Waals surface area contributed by atoms with E-state index in [4.69, 9.17) is 9.47 Å². The van der Waals surface area contributed by atoms with Gasteiger partial charge in [-0.15, -0.1) is 0 Å². The lowest BCUT2D eigenvalue weighted by Crippen LogP contribution is -2.39. The normalized spacial score (nSPS) is 25.3. The summed E-state index contributed by atoms with van der Waals surface area (Å²) in [6, 6.07) is 8.93. The summed E-state index contributed by atoms with van der Waals surface area (Å²) in [6.45, 7) is 8.84. The monoisotopic (exact) mass is 314 g/mol. The van der Waals surface area contributed by atoms with Gasteiger partial charge in [0, 0.05) is 44.3 Å². The second-order valence-corrected chi connectivity index (χ2v) is 6.75. The van der Waals surface area contributed by atoms with Crippen molar-refractivity contribution in [3.63, 3.8) is 0 Å². The smallest absolute Gasteiger partial charge is 0.0694 e. The second-order valence-electron chi connectivity index (χ2n) is 6.75. The summed E-state index contributed by atoms with van der Waals surface area (Å²) in [7, 11) is 0. The molecule has 0 aliphatic carbocycles. The van der Waals surface area contributed by atoms with Crippen LogP contribution in [0.25, 0.3) is 0 Å². The van der Waals surface area contributed by atoms with Gasteiger partial charge in [0.15, 0.2) is 0 Å². The number of morpholine rings is 1. The fraction of sp³-hybridized carbons (Fsp3) is 0.579. The summed E-state index contributed by atoms with van der Waals surface area (Å²) in [4.78, 5) is 5.10. The summed E-state index contributed by atoms with van der Waals surface area (Å²) in [5.41, 5.74) is 4.35. The van der Waals surface area contributed by atoms with Crippen LogP contribution in [0.5, 0.6) is 0 Å². The lowest BCUT2D eigenvalue weighted by Gasteiger charge is -2.29. The van der Waals surface area contributed by atoms with Gasteiger partial charge in [0.05, 0.1) is 26.4 Å². The van der Waals surface area contributed by atoms with Crippen LogP contribution in [0.4, 0.5) is 5.69 Å². The predicted molar refractivity (Wildman–Crippen MR) is 92.2 cm³/mol. The maximum atomic E-state index is 5.61. The minimum Gasteiger partial charge on any atom is -0.379 e. The summed E-state index contributed by atoms with van der Waals surface area (Å²) in [6.07, 6.45) is 3.42. The topological polar surface area (TPSA) is 24.9 Å². The van der Waals surface area contributed by atoms with Crippen LogP contribution >= 0.6 is 0 Å². The van der Waals surface area contributed by atoms with Gasteiger partial charge in [-0.2, -0.15) is 0 Å². The fourth-order valence-corrected chi connectivity index (χ4v) is 3.95. The number of benzene rings is 1. The highest BCUT2D eigenvalue weighted by Gasteiger charge is 2.30. The highest BCUT2D eigenvalue weighted by atomic mass is 16.5. The van der Waals surface area contributed by atoms with E-state index in [1.807, 2.05) is 0 Å². The third-order valence-corrected chi connectivity index (χ3v) is 5.12. The van der Waals surface area contributed by atoms with E-state index in [1.165, 1.54) is 16.8 Å². The molecule has 3 aliphatic rings. The van der Waals surface area contributed by atoms with E-state index < -0.39 is 0 Å². The maximum Gasteiger partial charge on any atom is 0.0694 e. The van der Waals surface area contributed by atoms with Gasteiger partial charge >= 0.3 is 0 Å². The van der Waals surface area contributed by atoms with Crippen molar-refractivity contribution in [3.05, 3.63) is 41.5 Å². The first-order valence-corrected chi connectivity index (χ1v) is 8.80. The minimum atomic E-state index is 0.606. The third kappa shape index (κ3) is 3.44. The van der Waals surface area contributed by atoms with Crippen molar-refractivity contribution < 1.29 is 9.47 Å². The Balaban J connectivity index is 1.48. The van der Waals surface area contributed by atoms with Gasteiger partial charge in [-0.25, -0.2) is 0 Å². The molecule has 0 radical (unpaired) electrons. The number of hydrogen-bond donors (Lipinski definition) is 0. The Morgan fingerprint density at radius 1 is 1.04 bits per heavy atom. The zero-order chi connectivity index (χ0) is 15.5. The van der Waals surface area contributed by atoms with E-state index >= 15 is 0 Å². The van der Waals surface area contributed by atoms with E-state index in [2.05, 4.69) is 40.1 Å². The van der Waals surface area contributed by atoms with Crippen LogP contribution in [-0.2, 0) is 9.47 Å². The Bertz CT molecular complexity index is 566. The molecule has 0 N–H and O–H groups in total. The zero-order valence-corrected chi connectivity index (χ0v) is 13.7. The number of ether oxygens (including phenoxy) is 2. The lowest BCUT2D eigenvalue weighted by molar-refractivity contribution is 0.0356. The summed E-state index contributed by atoms with van der Waals surface area (Å²) in [5, 5.41) is 0. The van der Waals surface area contributed by atoms with Crippen molar-refractivity contribution in [2.24, 2.45) is 0 Å². The van der Waals surface area contributed by atoms with Gasteiger partial charge in [0.1, 0.15) is 0 Å². The Kier molecular flexibility index (Phi) is 4.64. The first-order chi connectivity index (χ1) is 11.4. The molecule has 124 valence electrons. The van der Waals surface area contributed by atoms with Crippen molar-refractivity contribution in [1.82, 2.24) is 4.90 Å². The van der Waals surface area contributed by atoms with Crippen LogP contribution in [-0.4, -0.2) is 64.1 Å². The molecule has 0 spiro atoms. The molecule has 1 aromatic carbocycles. The van der Waals surface area contributed by atoms with Gasteiger partial charge in [-0.05, 0) is 23.6 Å². The molecule has 1 atom stereocenters. The van der Waals surface area contributed by atoms with Crippen molar-refractivity contribution in [3.8, 4) is 0 Å². The summed E-state index contributed by atoms with van der Waals surface area (Å²) < 4.78 is 11.1. The van der Waals surface area contributed by atoms with Gasteiger partial charge in [-0.3, -0.25) is 4.90 Å². The Labute approximate surface area is 138 Å². The molecule has 3 aliphatic heterocycles. The third-order valence-electron chi connectivity index (χ3n) is 5.12. The van der Waals surface area contributed by atoms with E-state index in [1.54, 1.807) is 0 Å². The van der Waals surface area contributed by atoms with Crippen molar-refractivity contribution in [2.45, 2.75) is 12.3 Å². The van der Waals surface area contributed by atoms with Crippen LogP contribution in [0.2, 0.25) is 0 Å². The van der Waals surface area contributed by atoms with Gasteiger partial charge in [0.25, 0.3) is 0 Å². The molecule has 4 nitrogen and oxygen atoms in total. The Hall–Kier alpha value is -1.36. The molecule has 1 aromatic rings. The quantitative estimate of drug-likeness (QED) is 0.796. The van der Waals surface area contributed by atoms with Crippen molar-refractivity contribution in [1.29, 1.82) is 0 Å². The molecule has 0 aromatic heterocycles. The molecule has 0 amide bonds. The van der Waals surface area contributed by atoms with E-state index in [-0.39, 0.29) is 0 Å². The molecule has 0 unspecified atom stereocenters. The SMILES string of the molecule is C1=C(CN2C[C@H](CN3CCOCC3)c3ccccc32)COCC1. The van der Waals surface area contributed by atoms with Gasteiger partial charge in [0.2, 0.25) is 0 Å². The van der Waals surface area contributed by atoms with Gasteiger partial charge < -0.3 is 14.4 Å². The first kappa shape index (κ1) is 15.2. The van der Waals surface area contributed by atoms with E-state index in [0.717, 1.165) is 65.6 Å². The number of hydrogen-bond acceptors (Lipinski definition) is 4. The number of nitrogens with zero attached hydrogens (tertiary/aromatic N) is 2. The lowest BCUT2D eigenvalue weighted by atomic mass is 10.0. The summed E-state index contributed by atoms with van der Waals surface area (Å²) in [5.74, 6) is 0.606. The molecule has 0 saturated carbocycles. The van der Waals surface area contributed by atoms with Crippen LogP contribution in [0.3, 0.4) is 0 Å². The molecular weight excluding hydrogens is 288 g/mol. The number of para-hydroxylation sites is 1. The first-order valence-electron chi connectivity index (χ1n) is 8.80. The molecular formula is C19H26N2O2. The average molecular weight is 314 g/mol. The summed E-state index contributed by atoms with van der Waals surface area (Å²) >= 11 is 0. The van der Waals surface area contributed by atoms with Crippen molar-refractivity contribution in [2.75, 3.05) is 64.1 Å². The van der Waals surface area contributed by atoms with E-state index in [0.29, 0.717) is 5.92 Å². The van der Waals surface area contributed by atoms with Gasteiger partial charge in [-0.1, -0.05) is 24.3 Å². The maximum absolute atomic E-state index is 5.61. The van der Waals surface area contributed by atoms with Crippen LogP contribution in [0.15, 0.2) is 35.9 Å².